The van der Waals surface area contributed by atoms with E-state index in [2.05, 4.69) is 10.2 Å². The quantitative estimate of drug-likeness (QED) is 0.595. The van der Waals surface area contributed by atoms with E-state index < -0.39 is 17.5 Å². The molecule has 5 rings (SSSR count). The highest BCUT2D eigenvalue weighted by atomic mass is 19.1. The Bertz CT molecular complexity index is 1230. The number of carbonyl (C=O) groups is 2. The first kappa shape index (κ1) is 26.1. The van der Waals surface area contributed by atoms with E-state index in [1.807, 2.05) is 27.7 Å². The molecule has 11 heteroatoms. The number of aromatic nitrogens is 2. The molecule has 0 saturated carbocycles. The second-order valence-electron chi connectivity index (χ2n) is 10.6. The first-order valence-electron chi connectivity index (χ1n) is 13.2. The van der Waals surface area contributed by atoms with Gasteiger partial charge in [0.25, 0.3) is 5.91 Å². The Morgan fingerprint density at radius 2 is 1.95 bits per heavy atom. The van der Waals surface area contributed by atoms with Gasteiger partial charge in [-0.15, -0.1) is 0 Å². The normalized spacial score (nSPS) is 22.0. The van der Waals surface area contributed by atoms with Gasteiger partial charge < -0.3 is 24.0 Å². The van der Waals surface area contributed by atoms with Gasteiger partial charge in [0.15, 0.2) is 0 Å². The topological polar surface area (TPSA) is 106 Å². The number of likely N-dealkylation sites (N-methyl/N-ethyl adjacent to an activating group) is 1. The zero-order valence-electron chi connectivity index (χ0n) is 22.3. The summed E-state index contributed by atoms with van der Waals surface area (Å²) in [5.41, 5.74) is 0.128. The SMILES string of the molecule is CCCOC(=O)Nc1ccc(-c2nc(N3CC4CCC(C3)O4)nc3c2C(=O)N(CC)CC(C)(C)O3)cc1F. The average molecular weight is 528 g/mol. The number of ether oxygens (including phenoxy) is 3. The van der Waals surface area contributed by atoms with Crippen LogP contribution in [0, 0.1) is 5.82 Å². The molecule has 2 saturated heterocycles. The predicted octanol–water partition coefficient (Wildman–Crippen LogP) is 4.24. The molecule has 2 fully saturated rings. The van der Waals surface area contributed by atoms with Gasteiger partial charge in [0, 0.05) is 25.2 Å². The number of morpholine rings is 1. The van der Waals surface area contributed by atoms with Crippen LogP contribution in [0.1, 0.15) is 57.3 Å². The van der Waals surface area contributed by atoms with Crippen molar-refractivity contribution >= 4 is 23.6 Å². The maximum atomic E-state index is 15.2. The molecule has 2 aromatic rings. The van der Waals surface area contributed by atoms with Crippen LogP contribution in [0.5, 0.6) is 5.88 Å². The summed E-state index contributed by atoms with van der Waals surface area (Å²) in [4.78, 5) is 38.9. The van der Waals surface area contributed by atoms with E-state index in [1.165, 1.54) is 12.1 Å². The van der Waals surface area contributed by atoms with Crippen LogP contribution in [0.25, 0.3) is 11.3 Å². The lowest BCUT2D eigenvalue weighted by atomic mass is 10.0. The molecule has 0 spiro atoms. The highest BCUT2D eigenvalue weighted by Gasteiger charge is 2.39. The van der Waals surface area contributed by atoms with Crippen molar-refractivity contribution in [1.82, 2.24) is 14.9 Å². The van der Waals surface area contributed by atoms with Crippen molar-refractivity contribution < 1.29 is 28.2 Å². The van der Waals surface area contributed by atoms with Gasteiger partial charge in [-0.05, 0) is 52.2 Å². The molecule has 0 aliphatic carbocycles. The van der Waals surface area contributed by atoms with Crippen LogP contribution in [0.15, 0.2) is 18.2 Å². The number of nitrogens with one attached hydrogen (secondary N) is 1. The Morgan fingerprint density at radius 1 is 1.21 bits per heavy atom. The fourth-order valence-electron chi connectivity index (χ4n) is 5.17. The van der Waals surface area contributed by atoms with Crippen LogP contribution in [0.2, 0.25) is 0 Å². The number of carbonyl (C=O) groups excluding carboxylic acids is 2. The van der Waals surface area contributed by atoms with E-state index in [-0.39, 0.29) is 47.5 Å². The number of rotatable bonds is 6. The van der Waals surface area contributed by atoms with Crippen molar-refractivity contribution in [3.63, 3.8) is 0 Å². The van der Waals surface area contributed by atoms with Gasteiger partial charge in [-0.3, -0.25) is 10.1 Å². The Labute approximate surface area is 221 Å². The number of hydrogen-bond acceptors (Lipinski definition) is 8. The Kier molecular flexibility index (Phi) is 7.13. The lowest BCUT2D eigenvalue weighted by molar-refractivity contribution is 0.0297. The van der Waals surface area contributed by atoms with Crippen LogP contribution < -0.4 is 15.0 Å². The first-order valence-corrected chi connectivity index (χ1v) is 13.2. The molecule has 3 aliphatic rings. The van der Waals surface area contributed by atoms with Crippen molar-refractivity contribution in [2.45, 2.75) is 64.8 Å². The summed E-state index contributed by atoms with van der Waals surface area (Å²) in [5.74, 6) is -0.356. The van der Waals surface area contributed by atoms with Crippen LogP contribution in [0.4, 0.5) is 20.8 Å². The summed E-state index contributed by atoms with van der Waals surface area (Å²) >= 11 is 0. The fraction of sp³-hybridized carbons (Fsp3) is 0.556. The molecule has 4 heterocycles. The largest absolute Gasteiger partial charge is 0.469 e. The van der Waals surface area contributed by atoms with E-state index in [9.17, 15) is 9.59 Å². The van der Waals surface area contributed by atoms with Gasteiger partial charge in [-0.2, -0.15) is 4.98 Å². The second-order valence-corrected chi connectivity index (χ2v) is 10.6. The molecule has 204 valence electrons. The number of fused-ring (bicyclic) bond motifs is 3. The molecule has 3 aliphatic heterocycles. The molecule has 2 amide bonds. The molecule has 0 radical (unpaired) electrons. The van der Waals surface area contributed by atoms with Crippen molar-refractivity contribution in [3.05, 3.63) is 29.6 Å². The third kappa shape index (κ3) is 5.24. The Morgan fingerprint density at radius 3 is 2.61 bits per heavy atom. The molecule has 10 nitrogen and oxygen atoms in total. The third-order valence-corrected chi connectivity index (χ3v) is 6.93. The molecule has 38 heavy (non-hydrogen) atoms. The van der Waals surface area contributed by atoms with Crippen molar-refractivity contribution in [2.24, 2.45) is 0 Å². The highest BCUT2D eigenvalue weighted by Crippen LogP contribution is 2.38. The zero-order valence-corrected chi connectivity index (χ0v) is 22.3. The molecule has 2 bridgehead atoms. The maximum absolute atomic E-state index is 15.2. The standard InChI is InChI=1S/C27H34FN5O5/c1-5-11-36-26(35)29-20-10-7-16(12-19(20)28)22-21-23(38-27(3,4)15-32(6-2)24(21)34)31-25(30-22)33-13-17-8-9-18(14-33)37-17/h7,10,12,17-18H,5-6,8-9,11,13-15H2,1-4H3,(H,29,35). The molecule has 1 aromatic heterocycles. The fourth-order valence-corrected chi connectivity index (χ4v) is 5.17. The number of nitrogens with zero attached hydrogens (tertiary/aromatic N) is 4. The molecule has 1 N–H and O–H groups in total. The van der Waals surface area contributed by atoms with Gasteiger partial charge in [0.1, 0.15) is 17.0 Å². The molecular weight excluding hydrogens is 493 g/mol. The average Bonchev–Trinajstić information content (AvgIpc) is 3.18. The van der Waals surface area contributed by atoms with Gasteiger partial charge in [-0.1, -0.05) is 13.0 Å². The number of hydrogen-bond donors (Lipinski definition) is 1. The molecular formula is C27H34FN5O5. The zero-order chi connectivity index (χ0) is 27.0. The predicted molar refractivity (Wildman–Crippen MR) is 139 cm³/mol. The van der Waals surface area contributed by atoms with Crippen LogP contribution in [0.3, 0.4) is 0 Å². The van der Waals surface area contributed by atoms with E-state index in [1.54, 1.807) is 11.0 Å². The monoisotopic (exact) mass is 527 g/mol. The highest BCUT2D eigenvalue weighted by molar-refractivity contribution is 6.03. The second kappa shape index (κ2) is 10.4. The van der Waals surface area contributed by atoms with Gasteiger partial charge in [0.2, 0.25) is 11.8 Å². The van der Waals surface area contributed by atoms with Crippen LogP contribution in [-0.2, 0) is 9.47 Å². The number of amides is 2. The van der Waals surface area contributed by atoms with Crippen molar-refractivity contribution in [2.75, 3.05) is 43.0 Å². The van der Waals surface area contributed by atoms with Gasteiger partial charge >= 0.3 is 6.09 Å². The van der Waals surface area contributed by atoms with E-state index >= 15 is 4.39 Å². The summed E-state index contributed by atoms with van der Waals surface area (Å²) in [6, 6.07) is 4.31. The van der Waals surface area contributed by atoms with E-state index in [4.69, 9.17) is 24.2 Å². The summed E-state index contributed by atoms with van der Waals surface area (Å²) in [7, 11) is 0. The Balaban J connectivity index is 1.58. The molecule has 1 aromatic carbocycles. The van der Waals surface area contributed by atoms with Gasteiger partial charge in [0.05, 0.1) is 36.7 Å². The first-order chi connectivity index (χ1) is 18.2. The minimum atomic E-state index is -0.733. The lowest BCUT2D eigenvalue weighted by Crippen LogP contribution is -2.43. The summed E-state index contributed by atoms with van der Waals surface area (Å²) < 4.78 is 32.5. The third-order valence-electron chi connectivity index (χ3n) is 6.93. The number of benzene rings is 1. The van der Waals surface area contributed by atoms with Crippen molar-refractivity contribution in [1.29, 1.82) is 0 Å². The minimum Gasteiger partial charge on any atom is -0.469 e. The smallest absolute Gasteiger partial charge is 0.411 e. The Hall–Kier alpha value is -3.47. The summed E-state index contributed by atoms with van der Waals surface area (Å²) in [6.07, 6.45) is 2.08. The van der Waals surface area contributed by atoms with Crippen LogP contribution in [-0.4, -0.2) is 77.5 Å². The summed E-state index contributed by atoms with van der Waals surface area (Å²) in [6.45, 7) is 9.91. The maximum Gasteiger partial charge on any atom is 0.411 e. The van der Waals surface area contributed by atoms with Crippen LogP contribution >= 0.6 is 0 Å². The molecule has 2 unspecified atom stereocenters. The van der Waals surface area contributed by atoms with Crippen molar-refractivity contribution in [3.8, 4) is 17.1 Å². The van der Waals surface area contributed by atoms with E-state index in [0.29, 0.717) is 44.1 Å². The van der Waals surface area contributed by atoms with E-state index in [0.717, 1.165) is 12.8 Å². The minimum absolute atomic E-state index is 0.0288. The lowest BCUT2D eigenvalue weighted by Gasteiger charge is -2.33. The van der Waals surface area contributed by atoms with Gasteiger partial charge in [-0.25, -0.2) is 14.2 Å². The summed E-state index contributed by atoms with van der Waals surface area (Å²) in [5, 5.41) is 2.42. The number of halogens is 1. The number of anilines is 2. The molecule has 2 atom stereocenters.